The van der Waals surface area contributed by atoms with Crippen molar-refractivity contribution in [1.29, 1.82) is 0 Å². The van der Waals surface area contributed by atoms with E-state index < -0.39 is 20.0 Å². The number of hydrogen-bond acceptors (Lipinski definition) is 5. The summed E-state index contributed by atoms with van der Waals surface area (Å²) in [5.74, 6) is -0.328. The van der Waals surface area contributed by atoms with Gasteiger partial charge in [-0.15, -0.1) is 0 Å². The van der Waals surface area contributed by atoms with E-state index >= 15 is 0 Å². The molecule has 0 bridgehead atoms. The van der Waals surface area contributed by atoms with Crippen LogP contribution in [0.3, 0.4) is 0 Å². The van der Waals surface area contributed by atoms with E-state index in [0.29, 0.717) is 31.7 Å². The minimum Gasteiger partial charge on any atom is -0.339 e. The van der Waals surface area contributed by atoms with Crippen LogP contribution in [0.2, 0.25) is 0 Å². The highest BCUT2D eigenvalue weighted by molar-refractivity contribution is 7.89. The minimum absolute atomic E-state index is 0.0480. The largest absolute Gasteiger partial charge is 0.339 e. The number of amides is 1. The molecule has 0 radical (unpaired) electrons. The lowest BCUT2D eigenvalue weighted by Crippen LogP contribution is -2.68. The molecule has 1 aliphatic carbocycles. The number of aromatic nitrogens is 2. The minimum atomic E-state index is -3.67. The van der Waals surface area contributed by atoms with Gasteiger partial charge in [-0.3, -0.25) is 9.69 Å². The Hall–Kier alpha value is -1.65. The summed E-state index contributed by atoms with van der Waals surface area (Å²) < 4.78 is 27.6. The third-order valence-electron chi connectivity index (χ3n) is 6.95. The zero-order chi connectivity index (χ0) is 24.4. The second kappa shape index (κ2) is 10.1. The molecule has 1 aromatic heterocycles. The number of benzene rings is 1. The molecule has 1 saturated carbocycles. The quantitative estimate of drug-likeness (QED) is 0.353. The maximum absolute atomic E-state index is 13.0. The highest BCUT2D eigenvalue weighted by Gasteiger charge is 2.54. The van der Waals surface area contributed by atoms with E-state index in [9.17, 15) is 13.2 Å². The number of hydrogen-bond donors (Lipinski definition) is 1. The number of nitrogens with zero attached hydrogens (tertiary/aromatic N) is 4. The normalized spacial score (nSPS) is 20.6. The molecule has 4 rings (SSSR count). The van der Waals surface area contributed by atoms with E-state index in [-0.39, 0.29) is 10.9 Å². The molecule has 11 heteroatoms. The van der Waals surface area contributed by atoms with Crippen molar-refractivity contribution in [3.63, 3.8) is 0 Å². The lowest BCUT2D eigenvalue weighted by Gasteiger charge is -2.52. The van der Waals surface area contributed by atoms with Crippen LogP contribution in [0, 0.1) is 0 Å². The van der Waals surface area contributed by atoms with Gasteiger partial charge in [0, 0.05) is 45.0 Å². The maximum atomic E-state index is 13.0. The molecule has 1 amide bonds. The van der Waals surface area contributed by atoms with Gasteiger partial charge in [0.2, 0.25) is 4.46 Å². The van der Waals surface area contributed by atoms with E-state index in [1.165, 1.54) is 16.8 Å². The second-order valence-electron chi connectivity index (χ2n) is 9.11. The molecule has 8 nitrogen and oxygen atoms in total. The van der Waals surface area contributed by atoms with Crippen LogP contribution in [-0.2, 0) is 17.1 Å². The monoisotopic (exact) mass is 527 g/mol. The Balaban J connectivity index is 1.55. The van der Waals surface area contributed by atoms with Gasteiger partial charge in [-0.25, -0.2) is 13.4 Å². The van der Waals surface area contributed by atoms with Crippen LogP contribution in [0.1, 0.15) is 48.9 Å². The zero-order valence-electron chi connectivity index (χ0n) is 19.3. The molecule has 186 valence electrons. The molecule has 2 aromatic rings. The summed E-state index contributed by atoms with van der Waals surface area (Å²) >= 11 is 14.0. The summed E-state index contributed by atoms with van der Waals surface area (Å²) in [6.45, 7) is 1.54. The van der Waals surface area contributed by atoms with E-state index in [2.05, 4.69) is 15.2 Å². The Kier molecular flexibility index (Phi) is 7.59. The summed E-state index contributed by atoms with van der Waals surface area (Å²) in [6.07, 6.45) is 8.47. The zero-order valence-corrected chi connectivity index (χ0v) is 21.6. The number of halogens is 2. The molecule has 1 aliphatic heterocycles. The number of sulfonamides is 1. The van der Waals surface area contributed by atoms with Crippen molar-refractivity contribution in [1.82, 2.24) is 24.1 Å². The van der Waals surface area contributed by atoms with Gasteiger partial charge in [0.1, 0.15) is 0 Å². The topological polar surface area (TPSA) is 87.5 Å². The van der Waals surface area contributed by atoms with Crippen molar-refractivity contribution < 1.29 is 13.2 Å². The fraction of sp³-hybridized carbons (Fsp3) is 0.565. The molecular formula is C23H31Cl2N5O3S. The molecule has 0 atom stereocenters. The first kappa shape index (κ1) is 25.4. The fourth-order valence-electron chi connectivity index (χ4n) is 5.07. The van der Waals surface area contributed by atoms with Crippen molar-refractivity contribution in [2.75, 3.05) is 26.2 Å². The number of imidazole rings is 1. The van der Waals surface area contributed by atoms with Crippen molar-refractivity contribution in [3.8, 4) is 0 Å². The standard InChI is InChI=1S/C23H31Cl2N5O3S/c1-28-17-20(26-18-28)34(32,33)30-15-13-29(14-16-30)22(11-7-2-3-8-12-22)23(24,25)27-21(31)19-9-5-4-6-10-19/h4-6,9-10,17-18H,2-3,7-8,11-16H2,1H3,(H,27,31). The summed E-state index contributed by atoms with van der Waals surface area (Å²) in [7, 11) is -1.93. The van der Waals surface area contributed by atoms with Gasteiger partial charge in [-0.2, -0.15) is 4.31 Å². The molecule has 0 spiro atoms. The summed E-state index contributed by atoms with van der Waals surface area (Å²) in [5, 5.41) is 2.93. The van der Waals surface area contributed by atoms with Gasteiger partial charge in [-0.05, 0) is 25.0 Å². The molecule has 34 heavy (non-hydrogen) atoms. The van der Waals surface area contributed by atoms with Gasteiger partial charge < -0.3 is 9.88 Å². The van der Waals surface area contributed by atoms with Gasteiger partial charge in [0.05, 0.1) is 11.9 Å². The lowest BCUT2D eigenvalue weighted by molar-refractivity contribution is 0.0194. The number of aryl methyl sites for hydroxylation is 1. The average molecular weight is 529 g/mol. The van der Waals surface area contributed by atoms with Gasteiger partial charge in [0.25, 0.3) is 15.9 Å². The first-order valence-corrected chi connectivity index (χ1v) is 13.8. The van der Waals surface area contributed by atoms with Crippen LogP contribution in [0.5, 0.6) is 0 Å². The third kappa shape index (κ3) is 4.99. The van der Waals surface area contributed by atoms with Crippen molar-refractivity contribution in [2.24, 2.45) is 7.05 Å². The summed E-state index contributed by atoms with van der Waals surface area (Å²) in [6, 6.07) is 8.88. The lowest BCUT2D eigenvalue weighted by atomic mass is 9.86. The Morgan fingerprint density at radius 1 is 1.03 bits per heavy atom. The van der Waals surface area contributed by atoms with Crippen LogP contribution in [0.25, 0.3) is 0 Å². The van der Waals surface area contributed by atoms with E-state index in [4.69, 9.17) is 23.2 Å². The molecule has 2 heterocycles. The van der Waals surface area contributed by atoms with E-state index in [0.717, 1.165) is 38.5 Å². The van der Waals surface area contributed by atoms with Crippen molar-refractivity contribution >= 4 is 39.1 Å². The summed E-state index contributed by atoms with van der Waals surface area (Å²) in [5.41, 5.74) is -0.207. The van der Waals surface area contributed by atoms with Crippen LogP contribution in [0.15, 0.2) is 47.9 Å². The molecule has 2 aliphatic rings. The van der Waals surface area contributed by atoms with E-state index in [1.54, 1.807) is 35.9 Å². The molecular weight excluding hydrogens is 497 g/mol. The number of piperazine rings is 1. The second-order valence-corrected chi connectivity index (χ2v) is 12.3. The predicted molar refractivity (Wildman–Crippen MR) is 132 cm³/mol. The molecule has 0 unspecified atom stereocenters. The Morgan fingerprint density at radius 2 is 1.65 bits per heavy atom. The van der Waals surface area contributed by atoms with Gasteiger partial charge in [-0.1, -0.05) is 67.1 Å². The smallest absolute Gasteiger partial charge is 0.262 e. The Labute approximate surface area is 211 Å². The molecule has 2 fully saturated rings. The van der Waals surface area contributed by atoms with Crippen LogP contribution >= 0.6 is 23.2 Å². The number of carbonyl (C=O) groups excluding carboxylic acids is 1. The third-order valence-corrected chi connectivity index (χ3v) is 9.63. The molecule has 1 N–H and O–H groups in total. The molecule has 1 aromatic carbocycles. The highest BCUT2D eigenvalue weighted by atomic mass is 35.5. The fourth-order valence-corrected chi connectivity index (χ4v) is 7.25. The Morgan fingerprint density at radius 3 is 2.21 bits per heavy atom. The SMILES string of the molecule is Cn1cnc(S(=O)(=O)N2CCN(C3(C(Cl)(Cl)NC(=O)c4ccccc4)CCCCCC3)CC2)c1. The summed E-state index contributed by atoms with van der Waals surface area (Å²) in [4.78, 5) is 19.2. The van der Waals surface area contributed by atoms with Gasteiger partial charge in [0.15, 0.2) is 5.03 Å². The number of alkyl halides is 2. The maximum Gasteiger partial charge on any atom is 0.262 e. The number of carbonyl (C=O) groups is 1. The predicted octanol–water partition coefficient (Wildman–Crippen LogP) is 3.38. The van der Waals surface area contributed by atoms with Gasteiger partial charge >= 0.3 is 0 Å². The Bertz CT molecular complexity index is 1090. The first-order valence-electron chi connectivity index (χ1n) is 11.6. The first-order chi connectivity index (χ1) is 16.2. The average Bonchev–Trinajstić information content (AvgIpc) is 3.11. The van der Waals surface area contributed by atoms with E-state index in [1.807, 2.05) is 6.07 Å². The van der Waals surface area contributed by atoms with Crippen LogP contribution in [0.4, 0.5) is 0 Å². The van der Waals surface area contributed by atoms with Crippen molar-refractivity contribution in [2.45, 2.75) is 53.5 Å². The molecule has 1 saturated heterocycles. The number of nitrogens with one attached hydrogen (secondary N) is 1. The number of rotatable bonds is 6. The highest BCUT2D eigenvalue weighted by Crippen LogP contribution is 2.46. The van der Waals surface area contributed by atoms with Crippen LogP contribution < -0.4 is 5.32 Å². The van der Waals surface area contributed by atoms with Crippen molar-refractivity contribution in [3.05, 3.63) is 48.4 Å². The van der Waals surface area contributed by atoms with Crippen LogP contribution in [-0.4, -0.2) is 69.3 Å².